The molecule has 0 amide bonds. The highest BCUT2D eigenvalue weighted by molar-refractivity contribution is 5.47. The molecule has 100 valence electrons. The van der Waals surface area contributed by atoms with Gasteiger partial charge in [-0.2, -0.15) is 0 Å². The lowest BCUT2D eigenvalue weighted by Crippen LogP contribution is -2.22. The number of ether oxygens (including phenoxy) is 2. The minimum absolute atomic E-state index is 0.221. The molecule has 3 nitrogen and oxygen atoms in total. The van der Waals surface area contributed by atoms with Gasteiger partial charge in [-0.1, -0.05) is 19.1 Å². The Morgan fingerprint density at radius 1 is 1.28 bits per heavy atom. The summed E-state index contributed by atoms with van der Waals surface area (Å²) in [5.74, 6) is 1.73. The third-order valence-corrected chi connectivity index (χ3v) is 2.92. The van der Waals surface area contributed by atoms with Gasteiger partial charge in [0.2, 0.25) is 0 Å². The van der Waals surface area contributed by atoms with E-state index in [0.29, 0.717) is 0 Å². The van der Waals surface area contributed by atoms with Gasteiger partial charge in [-0.15, -0.1) is 6.58 Å². The molecule has 0 aromatic heterocycles. The Labute approximate surface area is 110 Å². The van der Waals surface area contributed by atoms with Crippen molar-refractivity contribution in [1.82, 2.24) is 5.32 Å². The molecule has 1 aromatic rings. The van der Waals surface area contributed by atoms with E-state index >= 15 is 0 Å². The summed E-state index contributed by atoms with van der Waals surface area (Å²) in [4.78, 5) is 0. The average molecular weight is 249 g/mol. The summed E-state index contributed by atoms with van der Waals surface area (Å²) in [6.45, 7) is 6.79. The largest absolute Gasteiger partial charge is 0.496 e. The highest BCUT2D eigenvalue weighted by Gasteiger charge is 2.19. The maximum Gasteiger partial charge on any atom is 0.127 e. The summed E-state index contributed by atoms with van der Waals surface area (Å²) in [7, 11) is 3.38. The van der Waals surface area contributed by atoms with Crippen molar-refractivity contribution < 1.29 is 9.47 Å². The SMILES string of the molecule is C=CCCC(NCC)c1c(OC)cccc1OC. The summed E-state index contributed by atoms with van der Waals surface area (Å²) in [5.41, 5.74) is 1.09. The molecule has 0 aliphatic carbocycles. The maximum atomic E-state index is 5.45. The van der Waals surface area contributed by atoms with Crippen molar-refractivity contribution >= 4 is 0 Å². The number of hydrogen-bond donors (Lipinski definition) is 1. The molecule has 0 saturated heterocycles. The highest BCUT2D eigenvalue weighted by Crippen LogP contribution is 2.36. The number of nitrogens with one attached hydrogen (secondary N) is 1. The van der Waals surface area contributed by atoms with Crippen molar-refractivity contribution in [2.75, 3.05) is 20.8 Å². The molecule has 0 aliphatic heterocycles. The normalized spacial score (nSPS) is 11.9. The van der Waals surface area contributed by atoms with Crippen LogP contribution in [0.3, 0.4) is 0 Å². The molecule has 0 radical (unpaired) electrons. The van der Waals surface area contributed by atoms with Crippen LogP contribution in [-0.4, -0.2) is 20.8 Å². The molecular formula is C15H23NO2. The van der Waals surface area contributed by atoms with Gasteiger partial charge in [0.15, 0.2) is 0 Å². The van der Waals surface area contributed by atoms with E-state index in [1.165, 1.54) is 0 Å². The summed E-state index contributed by atoms with van der Waals surface area (Å²) < 4.78 is 10.9. The fourth-order valence-corrected chi connectivity index (χ4v) is 2.10. The fourth-order valence-electron chi connectivity index (χ4n) is 2.10. The predicted molar refractivity (Wildman–Crippen MR) is 75.4 cm³/mol. The van der Waals surface area contributed by atoms with Crippen LogP contribution in [0.1, 0.15) is 31.4 Å². The zero-order valence-corrected chi connectivity index (χ0v) is 11.5. The van der Waals surface area contributed by atoms with Crippen LogP contribution in [0.4, 0.5) is 0 Å². The lowest BCUT2D eigenvalue weighted by Gasteiger charge is -2.22. The Morgan fingerprint density at radius 2 is 1.89 bits per heavy atom. The number of methoxy groups -OCH3 is 2. The minimum atomic E-state index is 0.221. The summed E-state index contributed by atoms with van der Waals surface area (Å²) >= 11 is 0. The molecule has 1 rings (SSSR count). The summed E-state index contributed by atoms with van der Waals surface area (Å²) in [6.07, 6.45) is 3.87. The van der Waals surface area contributed by atoms with Crippen molar-refractivity contribution in [1.29, 1.82) is 0 Å². The molecule has 3 heteroatoms. The van der Waals surface area contributed by atoms with Crippen LogP contribution >= 0.6 is 0 Å². The molecule has 1 aromatic carbocycles. The Bertz CT molecular complexity index is 355. The molecule has 1 N–H and O–H groups in total. The van der Waals surface area contributed by atoms with Gasteiger partial charge in [0.25, 0.3) is 0 Å². The van der Waals surface area contributed by atoms with Crippen molar-refractivity contribution in [2.24, 2.45) is 0 Å². The third kappa shape index (κ3) is 3.50. The highest BCUT2D eigenvalue weighted by atomic mass is 16.5. The van der Waals surface area contributed by atoms with E-state index in [1.54, 1.807) is 14.2 Å². The molecule has 1 unspecified atom stereocenters. The topological polar surface area (TPSA) is 30.5 Å². The first kappa shape index (κ1) is 14.6. The van der Waals surface area contributed by atoms with E-state index in [-0.39, 0.29) is 6.04 Å². The Balaban J connectivity index is 3.10. The zero-order chi connectivity index (χ0) is 13.4. The summed E-state index contributed by atoms with van der Waals surface area (Å²) in [6, 6.07) is 6.10. The van der Waals surface area contributed by atoms with Crippen LogP contribution in [0.25, 0.3) is 0 Å². The van der Waals surface area contributed by atoms with Gasteiger partial charge in [-0.25, -0.2) is 0 Å². The quantitative estimate of drug-likeness (QED) is 0.717. The van der Waals surface area contributed by atoms with Gasteiger partial charge < -0.3 is 14.8 Å². The van der Waals surface area contributed by atoms with Crippen molar-refractivity contribution in [3.8, 4) is 11.5 Å². The van der Waals surface area contributed by atoms with E-state index < -0.39 is 0 Å². The lowest BCUT2D eigenvalue weighted by molar-refractivity contribution is 0.367. The lowest BCUT2D eigenvalue weighted by atomic mass is 9.99. The number of allylic oxidation sites excluding steroid dienone is 1. The minimum Gasteiger partial charge on any atom is -0.496 e. The number of hydrogen-bond acceptors (Lipinski definition) is 3. The molecule has 0 aliphatic rings. The fraction of sp³-hybridized carbons (Fsp3) is 0.467. The Morgan fingerprint density at radius 3 is 2.33 bits per heavy atom. The van der Waals surface area contributed by atoms with E-state index in [1.807, 2.05) is 24.3 Å². The Kier molecular flexibility index (Phi) is 6.29. The van der Waals surface area contributed by atoms with E-state index in [4.69, 9.17) is 9.47 Å². The molecule has 0 fully saturated rings. The van der Waals surface area contributed by atoms with E-state index in [0.717, 1.165) is 36.4 Å². The second-order valence-corrected chi connectivity index (χ2v) is 4.05. The van der Waals surface area contributed by atoms with E-state index in [9.17, 15) is 0 Å². The van der Waals surface area contributed by atoms with Gasteiger partial charge in [0.1, 0.15) is 11.5 Å². The van der Waals surface area contributed by atoms with Crippen LogP contribution in [0.5, 0.6) is 11.5 Å². The molecule has 18 heavy (non-hydrogen) atoms. The van der Waals surface area contributed by atoms with Crippen LogP contribution in [0, 0.1) is 0 Å². The van der Waals surface area contributed by atoms with Crippen LogP contribution in [0.2, 0.25) is 0 Å². The zero-order valence-electron chi connectivity index (χ0n) is 11.5. The average Bonchev–Trinajstić information content (AvgIpc) is 2.42. The standard InChI is InChI=1S/C15H23NO2/c1-5-7-9-12(16-6-2)15-13(17-3)10-8-11-14(15)18-4/h5,8,10-12,16H,1,6-7,9H2,2-4H3. The third-order valence-electron chi connectivity index (χ3n) is 2.92. The molecule has 0 spiro atoms. The van der Waals surface area contributed by atoms with Gasteiger partial charge in [0.05, 0.1) is 19.8 Å². The van der Waals surface area contributed by atoms with Crippen LogP contribution < -0.4 is 14.8 Å². The first-order valence-corrected chi connectivity index (χ1v) is 6.33. The van der Waals surface area contributed by atoms with Crippen molar-refractivity contribution in [3.05, 3.63) is 36.4 Å². The molecule has 0 bridgehead atoms. The van der Waals surface area contributed by atoms with Crippen LogP contribution in [-0.2, 0) is 0 Å². The molecule has 0 saturated carbocycles. The second-order valence-electron chi connectivity index (χ2n) is 4.05. The second kappa shape index (κ2) is 7.77. The van der Waals surface area contributed by atoms with Crippen molar-refractivity contribution in [2.45, 2.75) is 25.8 Å². The van der Waals surface area contributed by atoms with Gasteiger partial charge in [-0.05, 0) is 31.5 Å². The number of benzene rings is 1. The van der Waals surface area contributed by atoms with Crippen molar-refractivity contribution in [3.63, 3.8) is 0 Å². The Hall–Kier alpha value is -1.48. The predicted octanol–water partition coefficient (Wildman–Crippen LogP) is 3.32. The number of rotatable bonds is 8. The molecule has 1 atom stereocenters. The first-order valence-electron chi connectivity index (χ1n) is 6.33. The van der Waals surface area contributed by atoms with E-state index in [2.05, 4.69) is 18.8 Å². The monoisotopic (exact) mass is 249 g/mol. The smallest absolute Gasteiger partial charge is 0.127 e. The van der Waals surface area contributed by atoms with Gasteiger partial charge in [0, 0.05) is 6.04 Å². The van der Waals surface area contributed by atoms with Gasteiger partial charge >= 0.3 is 0 Å². The van der Waals surface area contributed by atoms with Crippen LogP contribution in [0.15, 0.2) is 30.9 Å². The maximum absolute atomic E-state index is 5.45. The summed E-state index contributed by atoms with van der Waals surface area (Å²) in [5, 5.41) is 3.48. The first-order chi connectivity index (χ1) is 8.78. The van der Waals surface area contributed by atoms with Gasteiger partial charge in [-0.3, -0.25) is 0 Å². The molecule has 0 heterocycles. The molecular weight excluding hydrogens is 226 g/mol.